The molecule has 1 aromatic carbocycles. The summed E-state index contributed by atoms with van der Waals surface area (Å²) in [6.45, 7) is 5.69. The molecular formula is C17H27NO3S. The van der Waals surface area contributed by atoms with Gasteiger partial charge in [-0.25, -0.2) is 8.42 Å². The number of benzene rings is 1. The summed E-state index contributed by atoms with van der Waals surface area (Å²) >= 11 is 0. The lowest BCUT2D eigenvalue weighted by atomic mass is 10.0. The van der Waals surface area contributed by atoms with Gasteiger partial charge in [-0.2, -0.15) is 0 Å². The predicted octanol–water partition coefficient (Wildman–Crippen LogP) is 1.87. The molecule has 22 heavy (non-hydrogen) atoms. The standard InChI is InChI=1S/C17H27NO3S/c1-14(2)11-15-3-5-16(6-4-15)12-18(8-9-19)17-7-10-22(20,21)13-17/h3-6,14,17,19H,7-13H2,1-2H3. The fraction of sp³-hybridized carbons (Fsp3) is 0.647. The molecule has 0 bridgehead atoms. The molecule has 2 rings (SSSR count). The lowest BCUT2D eigenvalue weighted by molar-refractivity contribution is 0.153. The molecule has 5 heteroatoms. The molecule has 4 nitrogen and oxygen atoms in total. The Morgan fingerprint density at radius 1 is 1.23 bits per heavy atom. The van der Waals surface area contributed by atoms with Gasteiger partial charge >= 0.3 is 0 Å². The van der Waals surface area contributed by atoms with Crippen LogP contribution in [0.1, 0.15) is 31.4 Å². The maximum Gasteiger partial charge on any atom is 0.151 e. The van der Waals surface area contributed by atoms with Crippen molar-refractivity contribution in [3.8, 4) is 0 Å². The lowest BCUT2D eigenvalue weighted by Gasteiger charge is -2.27. The minimum atomic E-state index is -2.89. The highest BCUT2D eigenvalue weighted by atomic mass is 32.2. The van der Waals surface area contributed by atoms with Crippen LogP contribution in [0, 0.1) is 5.92 Å². The van der Waals surface area contributed by atoms with Gasteiger partial charge in [0.05, 0.1) is 18.1 Å². The zero-order valence-corrected chi connectivity index (χ0v) is 14.3. The molecule has 124 valence electrons. The molecule has 0 amide bonds. The monoisotopic (exact) mass is 325 g/mol. The number of aliphatic hydroxyl groups is 1. The van der Waals surface area contributed by atoms with Crippen LogP contribution < -0.4 is 0 Å². The first-order valence-electron chi connectivity index (χ1n) is 8.03. The van der Waals surface area contributed by atoms with E-state index >= 15 is 0 Å². The Bertz CT molecular complexity index is 566. The van der Waals surface area contributed by atoms with Gasteiger partial charge in [-0.05, 0) is 29.9 Å². The highest BCUT2D eigenvalue weighted by Crippen LogP contribution is 2.20. The Labute approximate surface area is 134 Å². The quantitative estimate of drug-likeness (QED) is 0.831. The summed E-state index contributed by atoms with van der Waals surface area (Å²) in [6, 6.07) is 8.57. The second-order valence-corrected chi connectivity index (χ2v) is 8.89. The van der Waals surface area contributed by atoms with Crippen molar-refractivity contribution < 1.29 is 13.5 Å². The van der Waals surface area contributed by atoms with Gasteiger partial charge < -0.3 is 5.11 Å². The Kier molecular flexibility index (Phi) is 6.01. The zero-order chi connectivity index (χ0) is 16.2. The first-order valence-corrected chi connectivity index (χ1v) is 9.85. The van der Waals surface area contributed by atoms with Crippen LogP contribution in [-0.2, 0) is 22.8 Å². The van der Waals surface area contributed by atoms with Gasteiger partial charge in [-0.1, -0.05) is 38.1 Å². The second kappa shape index (κ2) is 7.57. The summed E-state index contributed by atoms with van der Waals surface area (Å²) in [5.41, 5.74) is 2.50. The van der Waals surface area contributed by atoms with Gasteiger partial charge in [-0.15, -0.1) is 0 Å². The molecule has 0 saturated carbocycles. The van der Waals surface area contributed by atoms with Crippen molar-refractivity contribution >= 4 is 9.84 Å². The van der Waals surface area contributed by atoms with E-state index in [0.717, 1.165) is 6.42 Å². The van der Waals surface area contributed by atoms with Crippen LogP contribution in [-0.4, -0.2) is 49.1 Å². The van der Waals surface area contributed by atoms with Crippen molar-refractivity contribution in [2.24, 2.45) is 5.92 Å². The number of rotatable bonds is 7. The number of hydrogen-bond acceptors (Lipinski definition) is 4. The number of nitrogens with zero attached hydrogens (tertiary/aromatic N) is 1. The van der Waals surface area contributed by atoms with E-state index in [-0.39, 0.29) is 24.2 Å². The summed E-state index contributed by atoms with van der Waals surface area (Å²) in [6.07, 6.45) is 1.75. The van der Waals surface area contributed by atoms with Crippen LogP contribution in [0.15, 0.2) is 24.3 Å². The predicted molar refractivity (Wildman–Crippen MR) is 89.5 cm³/mol. The number of sulfone groups is 1. The van der Waals surface area contributed by atoms with E-state index < -0.39 is 9.84 Å². The van der Waals surface area contributed by atoms with Crippen LogP contribution in [0.5, 0.6) is 0 Å². The third-order valence-corrected chi connectivity index (χ3v) is 5.91. The molecular weight excluding hydrogens is 298 g/mol. The molecule has 0 spiro atoms. The Morgan fingerprint density at radius 3 is 2.36 bits per heavy atom. The molecule has 1 fully saturated rings. The van der Waals surface area contributed by atoms with Gasteiger partial charge in [0.2, 0.25) is 0 Å². The number of aliphatic hydroxyl groups excluding tert-OH is 1. The van der Waals surface area contributed by atoms with Crippen LogP contribution in [0.4, 0.5) is 0 Å². The van der Waals surface area contributed by atoms with Crippen molar-refractivity contribution in [1.82, 2.24) is 4.90 Å². The normalized spacial score (nSPS) is 20.9. The minimum Gasteiger partial charge on any atom is -0.395 e. The molecule has 1 aromatic rings. The zero-order valence-electron chi connectivity index (χ0n) is 13.5. The number of hydrogen-bond donors (Lipinski definition) is 1. The summed E-state index contributed by atoms with van der Waals surface area (Å²) in [5, 5.41) is 9.26. The van der Waals surface area contributed by atoms with Gasteiger partial charge in [-0.3, -0.25) is 4.90 Å². The van der Waals surface area contributed by atoms with Crippen molar-refractivity contribution in [2.45, 2.75) is 39.3 Å². The average Bonchev–Trinajstić information content (AvgIpc) is 2.80. The third kappa shape index (κ3) is 5.07. The fourth-order valence-corrected chi connectivity index (χ4v) is 4.83. The van der Waals surface area contributed by atoms with E-state index in [1.54, 1.807) is 0 Å². The SMILES string of the molecule is CC(C)Cc1ccc(CN(CCO)C2CCS(=O)(=O)C2)cc1. The van der Waals surface area contributed by atoms with Crippen LogP contribution in [0.2, 0.25) is 0 Å². The Hall–Kier alpha value is -0.910. The van der Waals surface area contributed by atoms with Crippen molar-refractivity contribution in [3.63, 3.8) is 0 Å². The first kappa shape index (κ1) is 17.4. The highest BCUT2D eigenvalue weighted by Gasteiger charge is 2.31. The van der Waals surface area contributed by atoms with Gasteiger partial charge in [0.25, 0.3) is 0 Å². The lowest BCUT2D eigenvalue weighted by Crippen LogP contribution is -2.37. The molecule has 0 aromatic heterocycles. The second-order valence-electron chi connectivity index (χ2n) is 6.67. The first-order chi connectivity index (χ1) is 10.4. The smallest absolute Gasteiger partial charge is 0.151 e. The van der Waals surface area contributed by atoms with E-state index in [4.69, 9.17) is 0 Å². The summed E-state index contributed by atoms with van der Waals surface area (Å²) in [5.74, 6) is 1.13. The van der Waals surface area contributed by atoms with E-state index in [2.05, 4.69) is 43.0 Å². The third-order valence-electron chi connectivity index (χ3n) is 4.16. The largest absolute Gasteiger partial charge is 0.395 e. The van der Waals surface area contributed by atoms with E-state index in [0.29, 0.717) is 25.4 Å². The molecule has 1 aliphatic rings. The fourth-order valence-electron chi connectivity index (χ4n) is 3.07. The van der Waals surface area contributed by atoms with Crippen molar-refractivity contribution in [1.29, 1.82) is 0 Å². The van der Waals surface area contributed by atoms with E-state index in [9.17, 15) is 13.5 Å². The molecule has 1 unspecified atom stereocenters. The molecule has 1 aliphatic heterocycles. The van der Waals surface area contributed by atoms with Crippen molar-refractivity contribution in [3.05, 3.63) is 35.4 Å². The average molecular weight is 325 g/mol. The molecule has 1 heterocycles. The molecule has 0 radical (unpaired) electrons. The van der Waals surface area contributed by atoms with Crippen LogP contribution >= 0.6 is 0 Å². The molecule has 1 atom stereocenters. The van der Waals surface area contributed by atoms with E-state index in [1.807, 2.05) is 0 Å². The van der Waals surface area contributed by atoms with Gasteiger partial charge in [0.15, 0.2) is 9.84 Å². The maximum atomic E-state index is 11.7. The van der Waals surface area contributed by atoms with Crippen LogP contribution in [0.25, 0.3) is 0 Å². The molecule has 0 aliphatic carbocycles. The van der Waals surface area contributed by atoms with Crippen LogP contribution in [0.3, 0.4) is 0 Å². The van der Waals surface area contributed by atoms with Gasteiger partial charge in [0.1, 0.15) is 0 Å². The van der Waals surface area contributed by atoms with Crippen molar-refractivity contribution in [2.75, 3.05) is 24.7 Å². The minimum absolute atomic E-state index is 0.0347. The topological polar surface area (TPSA) is 57.6 Å². The summed E-state index contributed by atoms with van der Waals surface area (Å²) in [4.78, 5) is 2.10. The van der Waals surface area contributed by atoms with Gasteiger partial charge in [0, 0.05) is 19.1 Å². The summed E-state index contributed by atoms with van der Waals surface area (Å²) in [7, 11) is -2.89. The Balaban J connectivity index is 2.01. The summed E-state index contributed by atoms with van der Waals surface area (Å²) < 4.78 is 23.3. The molecule has 1 saturated heterocycles. The molecule has 1 N–H and O–H groups in total. The van der Waals surface area contributed by atoms with E-state index in [1.165, 1.54) is 11.1 Å². The maximum absolute atomic E-state index is 11.7. The highest BCUT2D eigenvalue weighted by molar-refractivity contribution is 7.91. The Morgan fingerprint density at radius 2 is 1.86 bits per heavy atom.